The minimum Gasteiger partial charge on any atom is -0.505 e. The van der Waals surface area contributed by atoms with Crippen molar-refractivity contribution in [3.8, 4) is 11.4 Å². The molecule has 11 heteroatoms. The van der Waals surface area contributed by atoms with Gasteiger partial charge in [0.05, 0.1) is 34.4 Å². The number of rotatable bonds is 3. The monoisotopic (exact) mass is 442 g/mol. The Labute approximate surface area is 170 Å². The second-order valence-electron chi connectivity index (χ2n) is 6.80. The normalized spacial score (nSPS) is 15.9. The van der Waals surface area contributed by atoms with Gasteiger partial charge in [0.1, 0.15) is 0 Å². The number of aromatic hydroxyl groups is 1. The van der Waals surface area contributed by atoms with Crippen molar-refractivity contribution in [2.45, 2.75) is 0 Å². The summed E-state index contributed by atoms with van der Waals surface area (Å²) in [6, 6.07) is 5.54. The fourth-order valence-electron chi connectivity index (χ4n) is 3.45. The third-order valence-electron chi connectivity index (χ3n) is 4.95. The van der Waals surface area contributed by atoms with E-state index in [4.69, 9.17) is 11.6 Å². The summed E-state index contributed by atoms with van der Waals surface area (Å²) in [5, 5.41) is 14.8. The number of hydrogen-bond acceptors (Lipinski definition) is 5. The second kappa shape index (κ2) is 7.12. The Hall–Kier alpha value is -2.43. The van der Waals surface area contributed by atoms with E-state index in [0.29, 0.717) is 42.1 Å². The van der Waals surface area contributed by atoms with E-state index in [-0.39, 0.29) is 5.69 Å². The van der Waals surface area contributed by atoms with Gasteiger partial charge in [0.2, 0.25) is 10.0 Å². The van der Waals surface area contributed by atoms with Crippen LogP contribution in [0.2, 0.25) is 5.02 Å². The van der Waals surface area contributed by atoms with Crippen LogP contribution in [0.15, 0.2) is 30.5 Å². The summed E-state index contributed by atoms with van der Waals surface area (Å²) in [7, 11) is -3.23. The molecule has 1 N–H and O–H groups in total. The molecule has 154 valence electrons. The number of benzene rings is 2. The molecule has 7 nitrogen and oxygen atoms in total. The average Bonchev–Trinajstić information content (AvgIpc) is 3.10. The zero-order valence-electron chi connectivity index (χ0n) is 15.3. The highest BCUT2D eigenvalue weighted by Gasteiger charge is 2.25. The summed E-state index contributed by atoms with van der Waals surface area (Å²) in [5.74, 6) is -3.32. The number of hydrogen-bond donors (Lipinski definition) is 1. The molecule has 1 saturated heterocycles. The van der Waals surface area contributed by atoms with Crippen LogP contribution in [-0.2, 0) is 10.0 Å². The molecule has 29 heavy (non-hydrogen) atoms. The summed E-state index contributed by atoms with van der Waals surface area (Å²) >= 11 is 6.58. The topological polar surface area (TPSA) is 78.7 Å². The number of sulfonamides is 1. The largest absolute Gasteiger partial charge is 0.505 e. The summed E-state index contributed by atoms with van der Waals surface area (Å²) in [6.07, 6.45) is 2.69. The Balaban J connectivity index is 1.68. The zero-order valence-corrected chi connectivity index (χ0v) is 16.9. The number of anilines is 1. The predicted molar refractivity (Wildman–Crippen MR) is 106 cm³/mol. The Bertz CT molecular complexity index is 1180. The number of fused-ring (bicyclic) bond motifs is 1. The maximum atomic E-state index is 13.7. The maximum absolute atomic E-state index is 13.7. The molecular formula is C18H17ClF2N4O3S. The van der Waals surface area contributed by atoms with E-state index < -0.39 is 27.4 Å². The highest BCUT2D eigenvalue weighted by molar-refractivity contribution is 7.88. The molecule has 1 fully saturated rings. The van der Waals surface area contributed by atoms with Crippen molar-refractivity contribution in [2.75, 3.05) is 37.3 Å². The van der Waals surface area contributed by atoms with E-state index in [0.717, 1.165) is 17.8 Å². The molecule has 4 rings (SSSR count). The molecule has 1 aliphatic heterocycles. The summed E-state index contributed by atoms with van der Waals surface area (Å²) in [6.45, 7) is 1.70. The fraction of sp³-hybridized carbons (Fsp3) is 0.278. The smallest absolute Gasteiger partial charge is 0.211 e. The first-order valence-electron chi connectivity index (χ1n) is 8.71. The lowest BCUT2D eigenvalue weighted by Gasteiger charge is -2.35. The molecule has 0 spiro atoms. The number of phenols is 1. The molecule has 2 aromatic carbocycles. The van der Waals surface area contributed by atoms with Crippen molar-refractivity contribution >= 4 is 38.2 Å². The van der Waals surface area contributed by atoms with Crippen molar-refractivity contribution in [3.05, 3.63) is 47.1 Å². The van der Waals surface area contributed by atoms with Crippen molar-refractivity contribution in [3.63, 3.8) is 0 Å². The van der Waals surface area contributed by atoms with E-state index >= 15 is 0 Å². The van der Waals surface area contributed by atoms with Crippen LogP contribution in [-0.4, -0.2) is 60.0 Å². The van der Waals surface area contributed by atoms with Gasteiger partial charge in [-0.3, -0.25) is 0 Å². The van der Waals surface area contributed by atoms with Crippen LogP contribution in [0.1, 0.15) is 0 Å². The Morgan fingerprint density at radius 3 is 2.45 bits per heavy atom. The number of piperazine rings is 1. The van der Waals surface area contributed by atoms with Gasteiger partial charge in [-0.25, -0.2) is 17.5 Å². The molecule has 0 aliphatic carbocycles. The van der Waals surface area contributed by atoms with Crippen molar-refractivity contribution < 1.29 is 22.3 Å². The minimum absolute atomic E-state index is 0.155. The summed E-state index contributed by atoms with van der Waals surface area (Å²) < 4.78 is 53.2. The van der Waals surface area contributed by atoms with Crippen LogP contribution < -0.4 is 4.90 Å². The highest BCUT2D eigenvalue weighted by Crippen LogP contribution is 2.35. The van der Waals surface area contributed by atoms with Crippen LogP contribution in [0.5, 0.6) is 5.75 Å². The molecular weight excluding hydrogens is 426 g/mol. The first-order valence-corrected chi connectivity index (χ1v) is 10.9. The van der Waals surface area contributed by atoms with Gasteiger partial charge in [0.15, 0.2) is 17.4 Å². The van der Waals surface area contributed by atoms with Crippen LogP contribution >= 0.6 is 11.6 Å². The summed E-state index contributed by atoms with van der Waals surface area (Å²) in [4.78, 5) is 1.99. The van der Waals surface area contributed by atoms with E-state index in [2.05, 4.69) is 5.10 Å². The van der Waals surface area contributed by atoms with Crippen LogP contribution in [0, 0.1) is 11.6 Å². The predicted octanol–water partition coefficient (Wildman–Crippen LogP) is 2.74. The number of halogens is 3. The SMILES string of the molecule is CS(=O)(=O)N1CCN(c2ccc3c(cnn3-c3cc(O)c(F)c(F)c3)c2Cl)CC1. The lowest BCUT2D eigenvalue weighted by Crippen LogP contribution is -2.48. The van der Waals surface area contributed by atoms with Crippen molar-refractivity contribution in [1.82, 2.24) is 14.1 Å². The minimum atomic E-state index is -3.23. The van der Waals surface area contributed by atoms with Gasteiger partial charge in [0, 0.05) is 43.7 Å². The van der Waals surface area contributed by atoms with Crippen molar-refractivity contribution in [1.29, 1.82) is 0 Å². The van der Waals surface area contributed by atoms with Gasteiger partial charge in [-0.1, -0.05) is 11.6 Å². The van der Waals surface area contributed by atoms with Gasteiger partial charge >= 0.3 is 0 Å². The van der Waals surface area contributed by atoms with Crippen LogP contribution in [0.3, 0.4) is 0 Å². The molecule has 0 unspecified atom stereocenters. The van der Waals surface area contributed by atoms with E-state index in [9.17, 15) is 22.3 Å². The van der Waals surface area contributed by atoms with Crippen LogP contribution in [0.4, 0.5) is 14.5 Å². The number of phenolic OH excluding ortho intramolecular Hbond substituents is 1. The van der Waals surface area contributed by atoms with Gasteiger partial charge in [-0.15, -0.1) is 0 Å². The molecule has 2 heterocycles. The number of aromatic nitrogens is 2. The van der Waals surface area contributed by atoms with E-state index in [1.807, 2.05) is 4.90 Å². The first-order chi connectivity index (χ1) is 13.7. The van der Waals surface area contributed by atoms with Gasteiger partial charge < -0.3 is 10.0 Å². The first kappa shape index (κ1) is 19.9. The third kappa shape index (κ3) is 3.52. The molecule has 0 bridgehead atoms. The highest BCUT2D eigenvalue weighted by atomic mass is 35.5. The second-order valence-corrected chi connectivity index (χ2v) is 9.16. The lowest BCUT2D eigenvalue weighted by atomic mass is 10.2. The zero-order chi connectivity index (χ0) is 20.9. The van der Waals surface area contributed by atoms with Crippen LogP contribution in [0.25, 0.3) is 16.6 Å². The Kier molecular flexibility index (Phi) is 4.88. The molecule has 3 aromatic rings. The fourth-order valence-corrected chi connectivity index (χ4v) is 4.60. The standard InChI is InChI=1S/C18H17ClF2N4O3S/c1-29(27,28)24-6-4-23(5-7-24)15-3-2-14-12(17(15)19)10-22-25(14)11-8-13(20)18(21)16(26)9-11/h2-3,8-10,26H,4-7H2,1H3. The molecule has 1 aliphatic rings. The van der Waals surface area contributed by atoms with E-state index in [1.54, 1.807) is 12.1 Å². The van der Waals surface area contributed by atoms with E-state index in [1.165, 1.54) is 21.4 Å². The van der Waals surface area contributed by atoms with Crippen molar-refractivity contribution in [2.24, 2.45) is 0 Å². The quantitative estimate of drug-likeness (QED) is 0.674. The molecule has 0 atom stereocenters. The molecule has 0 amide bonds. The molecule has 0 radical (unpaired) electrons. The summed E-state index contributed by atoms with van der Waals surface area (Å²) in [5.41, 5.74) is 1.45. The number of nitrogens with zero attached hydrogens (tertiary/aromatic N) is 4. The molecule has 1 aromatic heterocycles. The Morgan fingerprint density at radius 2 is 1.83 bits per heavy atom. The molecule has 0 saturated carbocycles. The van der Waals surface area contributed by atoms with Gasteiger partial charge in [0.25, 0.3) is 0 Å². The Morgan fingerprint density at radius 1 is 1.14 bits per heavy atom. The average molecular weight is 443 g/mol. The maximum Gasteiger partial charge on any atom is 0.211 e. The lowest BCUT2D eigenvalue weighted by molar-refractivity contribution is 0.388. The third-order valence-corrected chi connectivity index (χ3v) is 6.65. The van der Waals surface area contributed by atoms with Gasteiger partial charge in [-0.05, 0) is 12.1 Å². The van der Waals surface area contributed by atoms with Gasteiger partial charge in [-0.2, -0.15) is 13.8 Å².